The van der Waals surface area contributed by atoms with Crippen LogP contribution in [0.15, 0.2) is 164 Å². The molecule has 9 rings (SSSR count). The van der Waals surface area contributed by atoms with E-state index in [9.17, 15) is 0 Å². The van der Waals surface area contributed by atoms with Gasteiger partial charge in [-0.05, 0) is 86.9 Å². The molecule has 2 nitrogen and oxygen atoms in total. The molecule has 0 amide bonds. The Bertz CT molecular complexity index is 2390. The zero-order valence-electron chi connectivity index (χ0n) is 25.0. The van der Waals surface area contributed by atoms with Gasteiger partial charge in [0.1, 0.15) is 0 Å². The summed E-state index contributed by atoms with van der Waals surface area (Å²) in [4.78, 5) is 4.35. The quantitative estimate of drug-likeness (QED) is 0.204. The minimum atomic E-state index is -0.583. The Morgan fingerprint density at radius 2 is 1.31 bits per heavy atom. The minimum absolute atomic E-state index is 0.583. The van der Waals surface area contributed by atoms with Gasteiger partial charge in [0.2, 0.25) is 0 Å². The molecule has 3 heterocycles. The smallest absolute Gasteiger partial charge is 0.0760 e. The lowest BCUT2D eigenvalue weighted by Crippen LogP contribution is -2.35. The summed E-state index contributed by atoms with van der Waals surface area (Å²) in [5, 5.41) is 2.54. The molecule has 212 valence electrons. The molecule has 45 heavy (non-hydrogen) atoms. The number of nitrogens with zero attached hydrogens (tertiary/aromatic N) is 2. The topological polar surface area (TPSA) is 17.8 Å². The fraction of sp³-hybridized carbons (Fsp3) is 0.0465. The standard InChI is InChI=1S/C43H30N2/c1-28(30-13-4-3-5-14-30)27-35-32-15-6-8-18-36(32)43(41(35)29(2)31-23-25-44-26-24-31)37-19-9-11-22-40(37)45-39-21-10-7-16-33(39)34-17-12-20-38(43)42(34)45/h3-27H,2H2,1H3/b28-27+. The van der Waals surface area contributed by atoms with E-state index in [1.807, 2.05) is 12.4 Å². The van der Waals surface area contributed by atoms with Crippen molar-refractivity contribution < 1.29 is 0 Å². The summed E-state index contributed by atoms with van der Waals surface area (Å²) in [6.07, 6.45) is 6.12. The first-order chi connectivity index (χ1) is 22.2. The molecule has 1 atom stereocenters. The van der Waals surface area contributed by atoms with Gasteiger partial charge < -0.3 is 4.57 Å². The van der Waals surface area contributed by atoms with Crippen molar-refractivity contribution in [3.05, 3.63) is 197 Å². The van der Waals surface area contributed by atoms with Gasteiger partial charge in [0.25, 0.3) is 0 Å². The van der Waals surface area contributed by atoms with Gasteiger partial charge in [-0.1, -0.05) is 122 Å². The second kappa shape index (κ2) is 9.64. The van der Waals surface area contributed by atoms with Gasteiger partial charge in [0, 0.05) is 23.2 Å². The average molecular weight is 575 g/mol. The number of aromatic nitrogens is 2. The Hall–Kier alpha value is -5.73. The Labute approximate surface area is 263 Å². The van der Waals surface area contributed by atoms with Crippen LogP contribution in [-0.4, -0.2) is 9.55 Å². The maximum atomic E-state index is 4.88. The Morgan fingerprint density at radius 1 is 0.644 bits per heavy atom. The van der Waals surface area contributed by atoms with E-state index in [2.05, 4.69) is 156 Å². The van der Waals surface area contributed by atoms with Crippen LogP contribution in [0.25, 0.3) is 44.2 Å². The molecule has 1 unspecified atom stereocenters. The number of hydrogen-bond acceptors (Lipinski definition) is 1. The molecule has 1 aliphatic heterocycles. The van der Waals surface area contributed by atoms with Crippen molar-refractivity contribution in [2.75, 3.05) is 0 Å². The molecule has 0 N–H and O–H groups in total. The molecule has 0 fully saturated rings. The second-order valence-corrected chi connectivity index (χ2v) is 12.1. The van der Waals surface area contributed by atoms with Crippen molar-refractivity contribution in [2.45, 2.75) is 12.3 Å². The first-order valence-corrected chi connectivity index (χ1v) is 15.5. The Kier molecular flexibility index (Phi) is 5.51. The summed E-state index contributed by atoms with van der Waals surface area (Å²) in [7, 11) is 0. The van der Waals surface area contributed by atoms with Crippen molar-refractivity contribution in [3.63, 3.8) is 0 Å². The molecule has 2 heteroatoms. The lowest BCUT2D eigenvalue weighted by atomic mass is 9.62. The number of hydrogen-bond donors (Lipinski definition) is 0. The van der Waals surface area contributed by atoms with Crippen LogP contribution in [-0.2, 0) is 5.41 Å². The maximum absolute atomic E-state index is 4.88. The second-order valence-electron chi connectivity index (χ2n) is 12.1. The normalized spacial score (nSPS) is 16.8. The molecule has 7 aromatic rings. The third-order valence-corrected chi connectivity index (χ3v) is 9.83. The largest absolute Gasteiger partial charge is 0.309 e. The van der Waals surface area contributed by atoms with Crippen molar-refractivity contribution in [1.29, 1.82) is 0 Å². The van der Waals surface area contributed by atoms with Gasteiger partial charge >= 0.3 is 0 Å². The van der Waals surface area contributed by atoms with E-state index in [0.29, 0.717) is 0 Å². The van der Waals surface area contributed by atoms with Crippen molar-refractivity contribution in [1.82, 2.24) is 9.55 Å². The highest BCUT2D eigenvalue weighted by Gasteiger charge is 2.52. The molecule has 5 aromatic carbocycles. The third-order valence-electron chi connectivity index (χ3n) is 9.83. The van der Waals surface area contributed by atoms with E-state index in [0.717, 1.165) is 11.1 Å². The number of allylic oxidation sites excluding steroid dienone is 5. The first-order valence-electron chi connectivity index (χ1n) is 15.5. The zero-order valence-corrected chi connectivity index (χ0v) is 25.0. The van der Waals surface area contributed by atoms with Crippen LogP contribution in [0.3, 0.4) is 0 Å². The van der Waals surface area contributed by atoms with Gasteiger partial charge in [-0.25, -0.2) is 0 Å². The zero-order chi connectivity index (χ0) is 30.1. The molecule has 1 spiro atoms. The fourth-order valence-corrected chi connectivity index (χ4v) is 8.02. The highest BCUT2D eigenvalue weighted by Crippen LogP contribution is 2.62. The SMILES string of the molecule is C=C(C1=C(/C=C(\C)c2ccccc2)c2ccccc2C12c1ccccc1-n1c3ccccc3c3cccc2c31)c1ccncc1. The monoisotopic (exact) mass is 574 g/mol. The molecule has 2 aromatic heterocycles. The van der Waals surface area contributed by atoms with Crippen LogP contribution in [0, 0.1) is 0 Å². The minimum Gasteiger partial charge on any atom is -0.309 e. The summed E-state index contributed by atoms with van der Waals surface area (Å²) in [5.41, 5.74) is 15.2. The number of benzene rings is 5. The maximum Gasteiger partial charge on any atom is 0.0760 e. The van der Waals surface area contributed by atoms with E-state index in [4.69, 9.17) is 6.58 Å². The third kappa shape index (κ3) is 3.42. The van der Waals surface area contributed by atoms with Crippen LogP contribution < -0.4 is 0 Å². The Morgan fingerprint density at radius 3 is 2.16 bits per heavy atom. The van der Waals surface area contributed by atoms with Gasteiger partial charge in [0.05, 0.1) is 22.1 Å². The first kappa shape index (κ1) is 25.7. The predicted molar refractivity (Wildman–Crippen MR) is 187 cm³/mol. The summed E-state index contributed by atoms with van der Waals surface area (Å²) < 4.78 is 2.49. The molecule has 1 aliphatic carbocycles. The lowest BCUT2D eigenvalue weighted by Gasteiger charge is -2.41. The summed E-state index contributed by atoms with van der Waals surface area (Å²) in [6.45, 7) is 7.10. The van der Waals surface area contributed by atoms with Crippen molar-refractivity contribution >= 4 is 38.5 Å². The highest BCUT2D eigenvalue weighted by molar-refractivity contribution is 6.14. The van der Waals surface area contributed by atoms with Gasteiger partial charge in [0.15, 0.2) is 0 Å². The van der Waals surface area contributed by atoms with E-state index in [-0.39, 0.29) is 0 Å². The fourth-order valence-electron chi connectivity index (χ4n) is 8.02. The Balaban J connectivity index is 1.50. The molecule has 0 saturated heterocycles. The van der Waals surface area contributed by atoms with Crippen LogP contribution in [0.2, 0.25) is 0 Å². The molecule has 0 radical (unpaired) electrons. The van der Waals surface area contributed by atoms with Gasteiger partial charge in [-0.2, -0.15) is 0 Å². The molecular weight excluding hydrogens is 544 g/mol. The molecule has 0 saturated carbocycles. The number of pyridine rings is 1. The van der Waals surface area contributed by atoms with E-state index < -0.39 is 5.41 Å². The van der Waals surface area contributed by atoms with Gasteiger partial charge in [-0.15, -0.1) is 0 Å². The number of para-hydroxylation sites is 3. The van der Waals surface area contributed by atoms with Crippen molar-refractivity contribution in [2.24, 2.45) is 0 Å². The van der Waals surface area contributed by atoms with Crippen LogP contribution in [0.4, 0.5) is 0 Å². The predicted octanol–water partition coefficient (Wildman–Crippen LogP) is 10.4. The van der Waals surface area contributed by atoms with E-state index in [1.165, 1.54) is 72.0 Å². The van der Waals surface area contributed by atoms with Crippen LogP contribution in [0.5, 0.6) is 0 Å². The van der Waals surface area contributed by atoms with Crippen LogP contribution >= 0.6 is 0 Å². The van der Waals surface area contributed by atoms with Gasteiger partial charge in [-0.3, -0.25) is 4.98 Å². The summed E-state index contributed by atoms with van der Waals surface area (Å²) >= 11 is 0. The number of fused-ring (bicyclic) bond motifs is 9. The molecule has 0 bridgehead atoms. The van der Waals surface area contributed by atoms with E-state index >= 15 is 0 Å². The lowest BCUT2D eigenvalue weighted by molar-refractivity contribution is 0.746. The van der Waals surface area contributed by atoms with E-state index in [1.54, 1.807) is 0 Å². The molecular formula is C43H30N2. The summed E-state index contributed by atoms with van der Waals surface area (Å²) in [5.74, 6) is 0. The average Bonchev–Trinajstić information content (AvgIpc) is 3.59. The summed E-state index contributed by atoms with van der Waals surface area (Å²) in [6, 6.07) is 48.5. The molecule has 2 aliphatic rings. The van der Waals surface area contributed by atoms with Crippen molar-refractivity contribution in [3.8, 4) is 5.69 Å². The number of rotatable bonds is 4. The van der Waals surface area contributed by atoms with Crippen LogP contribution in [0.1, 0.15) is 40.3 Å². The highest BCUT2D eigenvalue weighted by atomic mass is 15.0.